The molecule has 2 aliphatic rings. The predicted molar refractivity (Wildman–Crippen MR) is 130 cm³/mol. The van der Waals surface area contributed by atoms with E-state index in [1.165, 1.54) is 0 Å². The van der Waals surface area contributed by atoms with E-state index in [-0.39, 0.29) is 25.9 Å². The molecule has 1 aromatic rings. The van der Waals surface area contributed by atoms with Crippen LogP contribution in [0.15, 0.2) is 83.3 Å². The highest BCUT2D eigenvalue weighted by Gasteiger charge is 2.11. The molecule has 2 aliphatic heterocycles. The topological polar surface area (TPSA) is 115 Å². The van der Waals surface area contributed by atoms with E-state index in [9.17, 15) is 4.79 Å². The second-order valence-corrected chi connectivity index (χ2v) is 7.38. The van der Waals surface area contributed by atoms with E-state index >= 15 is 0 Å². The van der Waals surface area contributed by atoms with E-state index in [1.54, 1.807) is 0 Å². The Kier molecular flexibility index (Phi) is 10.2. The van der Waals surface area contributed by atoms with Gasteiger partial charge >= 0.3 is 0 Å². The first-order valence-electron chi connectivity index (χ1n) is 10.6. The SMILES string of the molecule is CCN1CC=CC1=NCC(=O)NC/C(N)=C/N1C=C(COCc2ccccc2)C=CC1.O.[HH]. The van der Waals surface area contributed by atoms with Crippen molar-refractivity contribution in [3.8, 4) is 0 Å². The van der Waals surface area contributed by atoms with Crippen molar-refractivity contribution >= 4 is 11.7 Å². The number of nitrogens with zero attached hydrogens (tertiary/aromatic N) is 3. The molecule has 0 unspecified atom stereocenters. The molecule has 0 spiro atoms. The van der Waals surface area contributed by atoms with Crippen molar-refractivity contribution in [1.29, 1.82) is 0 Å². The van der Waals surface area contributed by atoms with E-state index in [0.29, 0.717) is 18.9 Å². The number of nitrogens with two attached hydrogens (primary N) is 1. The minimum absolute atomic E-state index is 0. The molecule has 8 heteroatoms. The molecule has 5 N–H and O–H groups in total. The smallest absolute Gasteiger partial charge is 0.242 e. The van der Waals surface area contributed by atoms with Gasteiger partial charge in [0.15, 0.2) is 0 Å². The van der Waals surface area contributed by atoms with Gasteiger partial charge in [0.05, 0.1) is 19.8 Å². The maximum atomic E-state index is 12.1. The van der Waals surface area contributed by atoms with E-state index in [0.717, 1.165) is 36.6 Å². The van der Waals surface area contributed by atoms with Crippen molar-refractivity contribution in [1.82, 2.24) is 15.1 Å². The number of hydrogen-bond donors (Lipinski definition) is 2. The summed E-state index contributed by atoms with van der Waals surface area (Å²) in [7, 11) is 0. The predicted octanol–water partition coefficient (Wildman–Crippen LogP) is 1.59. The van der Waals surface area contributed by atoms with E-state index in [2.05, 4.69) is 34.3 Å². The molecule has 0 saturated heterocycles. The minimum Gasteiger partial charge on any atom is -0.412 e. The zero-order valence-corrected chi connectivity index (χ0v) is 18.5. The number of rotatable bonds is 10. The van der Waals surface area contributed by atoms with Crippen molar-refractivity contribution < 1.29 is 16.4 Å². The van der Waals surface area contributed by atoms with Crippen LogP contribution in [0.5, 0.6) is 0 Å². The highest BCUT2D eigenvalue weighted by molar-refractivity contribution is 5.96. The fourth-order valence-corrected chi connectivity index (χ4v) is 3.27. The Morgan fingerprint density at radius 2 is 2.00 bits per heavy atom. The third-order valence-electron chi connectivity index (χ3n) is 4.86. The third-order valence-corrected chi connectivity index (χ3v) is 4.86. The van der Waals surface area contributed by atoms with E-state index < -0.39 is 0 Å². The second-order valence-electron chi connectivity index (χ2n) is 7.38. The summed E-state index contributed by atoms with van der Waals surface area (Å²) in [5.74, 6) is 0.706. The van der Waals surface area contributed by atoms with E-state index in [4.69, 9.17) is 10.5 Å². The highest BCUT2D eigenvalue weighted by atomic mass is 16.5. The molecule has 0 saturated carbocycles. The normalized spacial score (nSPS) is 16.8. The quantitative estimate of drug-likeness (QED) is 0.572. The summed E-state index contributed by atoms with van der Waals surface area (Å²) in [6, 6.07) is 10.1. The van der Waals surface area contributed by atoms with Gasteiger partial charge in [-0.2, -0.15) is 0 Å². The average Bonchev–Trinajstić information content (AvgIpc) is 3.25. The van der Waals surface area contributed by atoms with Gasteiger partial charge in [0, 0.05) is 39.2 Å². The van der Waals surface area contributed by atoms with Gasteiger partial charge in [0.1, 0.15) is 12.4 Å². The van der Waals surface area contributed by atoms with Crippen LogP contribution < -0.4 is 11.1 Å². The molecule has 0 radical (unpaired) electrons. The number of ether oxygens (including phenoxy) is 1. The average molecular weight is 442 g/mol. The lowest BCUT2D eigenvalue weighted by atomic mass is 10.2. The van der Waals surface area contributed by atoms with Crippen molar-refractivity contribution in [3.63, 3.8) is 0 Å². The number of benzene rings is 1. The molecular weight excluding hydrogens is 406 g/mol. The summed E-state index contributed by atoms with van der Waals surface area (Å²) < 4.78 is 5.80. The molecule has 0 atom stereocenters. The molecule has 2 heterocycles. The summed E-state index contributed by atoms with van der Waals surface area (Å²) >= 11 is 0. The zero-order valence-electron chi connectivity index (χ0n) is 18.5. The lowest BCUT2D eigenvalue weighted by Crippen LogP contribution is -2.32. The number of hydrogen-bond acceptors (Lipinski definition) is 5. The van der Waals surface area contributed by atoms with Gasteiger partial charge in [-0.3, -0.25) is 9.79 Å². The van der Waals surface area contributed by atoms with Crippen molar-refractivity contribution in [2.75, 3.05) is 39.3 Å². The van der Waals surface area contributed by atoms with Crippen LogP contribution in [0.2, 0.25) is 0 Å². The molecule has 1 amide bonds. The highest BCUT2D eigenvalue weighted by Crippen LogP contribution is 2.11. The molecular formula is C24H35N5O3. The fourth-order valence-electron chi connectivity index (χ4n) is 3.27. The standard InChI is InChI=1S/C24H31N5O2.H2O.H2/c1-2-29-13-7-11-23(29)26-15-24(30)27-14-22(25)17-28-12-6-10-21(16-28)19-31-18-20-8-4-3-5-9-20;;/h3-11,16-17H,2,12-15,18-19,25H2,1H3,(H,27,30);1H2;1H/b22-17-,26-23?;;. The monoisotopic (exact) mass is 441 g/mol. The molecule has 0 fully saturated rings. The zero-order chi connectivity index (χ0) is 21.9. The molecule has 0 aromatic heterocycles. The Morgan fingerprint density at radius 3 is 2.78 bits per heavy atom. The Balaban J connectivity index is 0.00000272. The number of likely N-dealkylation sites (N-methyl/N-ethyl adjacent to an activating group) is 1. The lowest BCUT2D eigenvalue weighted by Gasteiger charge is -2.20. The molecule has 8 nitrogen and oxygen atoms in total. The molecule has 0 aliphatic carbocycles. The van der Waals surface area contributed by atoms with Crippen molar-refractivity contribution in [3.05, 3.63) is 83.9 Å². The lowest BCUT2D eigenvalue weighted by molar-refractivity contribution is -0.119. The Morgan fingerprint density at radius 1 is 1.22 bits per heavy atom. The van der Waals surface area contributed by atoms with Gasteiger partial charge in [0.2, 0.25) is 5.91 Å². The van der Waals surface area contributed by atoms with Crippen LogP contribution in [0.3, 0.4) is 0 Å². The molecule has 174 valence electrons. The first kappa shape index (κ1) is 24.9. The van der Waals surface area contributed by atoms with Crippen LogP contribution in [-0.2, 0) is 16.1 Å². The third kappa shape index (κ3) is 8.05. The van der Waals surface area contributed by atoms with Crippen LogP contribution in [0.1, 0.15) is 13.9 Å². The number of carbonyl (C=O) groups excluding carboxylic acids is 1. The summed E-state index contributed by atoms with van der Waals surface area (Å²) in [6.45, 7) is 6.00. The first-order chi connectivity index (χ1) is 15.1. The number of amides is 1. The van der Waals surface area contributed by atoms with Crippen LogP contribution in [0.25, 0.3) is 0 Å². The van der Waals surface area contributed by atoms with Gasteiger partial charge in [-0.1, -0.05) is 48.6 Å². The Bertz CT molecular complexity index is 897. The minimum atomic E-state index is -0.149. The number of nitrogens with one attached hydrogen (secondary N) is 1. The summed E-state index contributed by atoms with van der Waals surface area (Å²) in [4.78, 5) is 20.6. The molecule has 32 heavy (non-hydrogen) atoms. The maximum Gasteiger partial charge on any atom is 0.242 e. The van der Waals surface area contributed by atoms with Gasteiger partial charge in [-0.15, -0.1) is 0 Å². The summed E-state index contributed by atoms with van der Waals surface area (Å²) in [6.07, 6.45) is 12.0. The first-order valence-corrected chi connectivity index (χ1v) is 10.6. The van der Waals surface area contributed by atoms with Crippen LogP contribution in [0, 0.1) is 0 Å². The van der Waals surface area contributed by atoms with Crippen molar-refractivity contribution in [2.45, 2.75) is 13.5 Å². The largest absolute Gasteiger partial charge is 0.412 e. The van der Waals surface area contributed by atoms with Crippen LogP contribution in [0.4, 0.5) is 0 Å². The van der Waals surface area contributed by atoms with Crippen LogP contribution >= 0.6 is 0 Å². The fraction of sp³-hybridized carbons (Fsp3) is 0.333. The number of aliphatic imine (C=N–C) groups is 1. The van der Waals surface area contributed by atoms with Gasteiger partial charge < -0.3 is 31.1 Å². The molecule has 3 rings (SSSR count). The van der Waals surface area contributed by atoms with Gasteiger partial charge in [-0.05, 0) is 24.1 Å². The maximum absolute atomic E-state index is 12.1. The summed E-state index contributed by atoms with van der Waals surface area (Å²) in [5, 5.41) is 2.82. The van der Waals surface area contributed by atoms with Gasteiger partial charge in [0.25, 0.3) is 0 Å². The molecule has 0 bridgehead atoms. The van der Waals surface area contributed by atoms with Crippen LogP contribution in [-0.4, -0.2) is 66.3 Å². The second kappa shape index (κ2) is 13.1. The molecule has 1 aromatic carbocycles. The van der Waals surface area contributed by atoms with E-state index in [1.807, 2.05) is 59.8 Å². The van der Waals surface area contributed by atoms with Gasteiger partial charge in [-0.25, -0.2) is 0 Å². The Labute approximate surface area is 191 Å². The number of carbonyl (C=O) groups is 1. The van der Waals surface area contributed by atoms with Crippen molar-refractivity contribution in [2.24, 2.45) is 10.7 Å². The Hall–Kier alpha value is -3.36. The number of amidine groups is 1. The summed E-state index contributed by atoms with van der Waals surface area (Å²) in [5.41, 5.74) is 8.89.